The molecule has 1 saturated heterocycles. The van der Waals surface area contributed by atoms with Gasteiger partial charge < -0.3 is 30.5 Å². The van der Waals surface area contributed by atoms with Gasteiger partial charge in [-0.15, -0.1) is 0 Å². The second-order valence-corrected chi connectivity index (χ2v) is 10.6. The number of carbonyl (C=O) groups excluding carboxylic acids is 2. The molecule has 1 aliphatic rings. The molecule has 2 heterocycles. The van der Waals surface area contributed by atoms with Crippen molar-refractivity contribution < 1.29 is 18.7 Å². The Morgan fingerprint density at radius 2 is 1.90 bits per heavy atom. The molecule has 12 heteroatoms. The van der Waals surface area contributed by atoms with Gasteiger partial charge in [0, 0.05) is 61.1 Å². The maximum atomic E-state index is 16.4. The van der Waals surface area contributed by atoms with E-state index in [4.69, 9.17) is 27.9 Å². The van der Waals surface area contributed by atoms with E-state index in [0.29, 0.717) is 78.6 Å². The number of carbonyl (C=O) groups is 2. The lowest BCUT2D eigenvalue weighted by Gasteiger charge is -2.43. The first kappa shape index (κ1) is 31.3. The first-order valence-corrected chi connectivity index (χ1v) is 14.7. The Morgan fingerprint density at radius 1 is 1.10 bits per heavy atom. The maximum Gasteiger partial charge on any atom is 0.322 e. The van der Waals surface area contributed by atoms with E-state index in [1.54, 1.807) is 60.6 Å². The van der Waals surface area contributed by atoms with Crippen LogP contribution in [0.5, 0.6) is 5.88 Å². The maximum absolute atomic E-state index is 16.4. The van der Waals surface area contributed by atoms with Crippen LogP contribution in [-0.2, 0) is 0 Å². The number of benzene rings is 2. The summed E-state index contributed by atoms with van der Waals surface area (Å²) in [5, 5.41) is 9.46. The highest BCUT2D eigenvalue weighted by Crippen LogP contribution is 2.37. The van der Waals surface area contributed by atoms with Crippen molar-refractivity contribution in [3.8, 4) is 17.0 Å². The van der Waals surface area contributed by atoms with E-state index in [0.717, 1.165) is 0 Å². The Hall–Kier alpha value is -3.60. The van der Waals surface area contributed by atoms with E-state index >= 15 is 4.39 Å². The number of nitrogens with zero attached hydrogens (tertiary/aromatic N) is 3. The van der Waals surface area contributed by atoms with Crippen molar-refractivity contribution >= 4 is 46.5 Å². The summed E-state index contributed by atoms with van der Waals surface area (Å²) in [6, 6.07) is 11.2. The quantitative estimate of drug-likeness (QED) is 0.254. The van der Waals surface area contributed by atoms with Crippen LogP contribution >= 0.6 is 23.2 Å². The van der Waals surface area contributed by atoms with Crippen molar-refractivity contribution in [2.75, 3.05) is 56.6 Å². The van der Waals surface area contributed by atoms with Crippen LogP contribution in [0.15, 0.2) is 48.7 Å². The lowest BCUT2D eigenvalue weighted by Crippen LogP contribution is -2.56. The number of hydrogen-bond donors (Lipinski definition) is 3. The first-order valence-electron chi connectivity index (χ1n) is 13.9. The summed E-state index contributed by atoms with van der Waals surface area (Å²) in [4.78, 5) is 34.6. The van der Waals surface area contributed by atoms with Gasteiger partial charge in [0.15, 0.2) is 0 Å². The van der Waals surface area contributed by atoms with E-state index in [2.05, 4.69) is 20.9 Å². The molecule has 0 saturated carbocycles. The third kappa shape index (κ3) is 7.06. The molecule has 4 rings (SSSR count). The third-order valence-corrected chi connectivity index (χ3v) is 7.62. The lowest BCUT2D eigenvalue weighted by molar-refractivity contribution is 0.0950. The number of aromatic nitrogens is 1. The van der Waals surface area contributed by atoms with Crippen molar-refractivity contribution in [1.82, 2.24) is 20.5 Å². The molecule has 2 aromatic carbocycles. The number of piperazine rings is 1. The Bertz CT molecular complexity index is 1430. The van der Waals surface area contributed by atoms with Crippen molar-refractivity contribution in [3.05, 3.63) is 70.1 Å². The summed E-state index contributed by atoms with van der Waals surface area (Å²) in [7, 11) is 1.78. The van der Waals surface area contributed by atoms with Crippen LogP contribution in [-0.4, -0.2) is 74.2 Å². The number of halogens is 3. The molecule has 1 aromatic heterocycles. The Labute approximate surface area is 255 Å². The van der Waals surface area contributed by atoms with Crippen molar-refractivity contribution in [3.63, 3.8) is 0 Å². The highest BCUT2D eigenvalue weighted by atomic mass is 35.5. The monoisotopic (exact) mass is 616 g/mol. The van der Waals surface area contributed by atoms with Gasteiger partial charge in [0.2, 0.25) is 5.88 Å². The SMILES string of the molecule is CCOc1ncccc1-c1ccc(N2CCN(C(=O)Nc3ccc(Cl)cc3Cl)CC2CC)c(C(=O)NCCNC)c1F. The summed E-state index contributed by atoms with van der Waals surface area (Å²) in [5.41, 5.74) is 1.55. The smallest absolute Gasteiger partial charge is 0.322 e. The van der Waals surface area contributed by atoms with Crippen LogP contribution in [0.1, 0.15) is 30.6 Å². The normalized spacial score (nSPS) is 15.0. The van der Waals surface area contributed by atoms with E-state index in [9.17, 15) is 9.59 Å². The van der Waals surface area contributed by atoms with E-state index in [1.165, 1.54) is 0 Å². The van der Waals surface area contributed by atoms with Gasteiger partial charge in [-0.2, -0.15) is 0 Å². The molecule has 42 heavy (non-hydrogen) atoms. The number of likely N-dealkylation sites (N-methyl/N-ethyl adjacent to an activating group) is 1. The Balaban J connectivity index is 1.65. The van der Waals surface area contributed by atoms with Crippen LogP contribution < -0.4 is 25.6 Å². The molecule has 0 radical (unpaired) electrons. The molecule has 9 nitrogen and oxygen atoms in total. The first-order chi connectivity index (χ1) is 20.3. The minimum atomic E-state index is -0.657. The number of rotatable bonds is 10. The van der Waals surface area contributed by atoms with Crippen LogP contribution in [0.3, 0.4) is 0 Å². The molecule has 3 aromatic rings. The average molecular weight is 618 g/mol. The van der Waals surface area contributed by atoms with Crippen molar-refractivity contribution in [2.24, 2.45) is 0 Å². The zero-order valence-electron chi connectivity index (χ0n) is 23.8. The molecule has 0 spiro atoms. The highest BCUT2D eigenvalue weighted by Gasteiger charge is 2.33. The van der Waals surface area contributed by atoms with Crippen LogP contribution in [0, 0.1) is 5.82 Å². The largest absolute Gasteiger partial charge is 0.478 e. The Kier molecular flexibility index (Phi) is 10.8. The van der Waals surface area contributed by atoms with Gasteiger partial charge in [-0.1, -0.05) is 30.1 Å². The molecular formula is C30H35Cl2FN6O3. The van der Waals surface area contributed by atoms with Gasteiger partial charge in [-0.05, 0) is 62.9 Å². The highest BCUT2D eigenvalue weighted by molar-refractivity contribution is 6.36. The zero-order chi connectivity index (χ0) is 30.2. The number of hydrogen-bond acceptors (Lipinski definition) is 6. The third-order valence-electron chi connectivity index (χ3n) is 7.07. The van der Waals surface area contributed by atoms with E-state index in [1.807, 2.05) is 18.7 Å². The molecule has 0 bridgehead atoms. The van der Waals surface area contributed by atoms with Crippen LogP contribution in [0.4, 0.5) is 20.6 Å². The number of anilines is 2. The molecule has 224 valence electrons. The van der Waals surface area contributed by atoms with Gasteiger partial charge in [0.1, 0.15) is 5.82 Å². The van der Waals surface area contributed by atoms with Gasteiger partial charge in [-0.3, -0.25) is 4.79 Å². The summed E-state index contributed by atoms with van der Waals surface area (Å²) in [6.07, 6.45) is 2.24. The van der Waals surface area contributed by atoms with E-state index in [-0.39, 0.29) is 23.2 Å². The molecule has 1 aliphatic heterocycles. The minimum absolute atomic E-state index is 0.0563. The second kappa shape index (κ2) is 14.5. The standard InChI is InChI=1S/C30H35Cl2FN6O3/c1-4-20-18-38(30(41)37-24-10-8-19(31)17-23(24)32)15-16-39(20)25-11-9-21(22-7-6-12-36-29(22)42-5-2)27(33)26(25)28(40)35-14-13-34-3/h6-12,17,20,34H,4-5,13-16,18H2,1-3H3,(H,35,40)(H,37,41). The predicted molar refractivity (Wildman–Crippen MR) is 166 cm³/mol. The van der Waals surface area contributed by atoms with Crippen LogP contribution in [0.2, 0.25) is 10.0 Å². The summed E-state index contributed by atoms with van der Waals surface area (Å²) < 4.78 is 22.1. The second-order valence-electron chi connectivity index (χ2n) is 9.73. The van der Waals surface area contributed by atoms with Crippen molar-refractivity contribution in [2.45, 2.75) is 26.3 Å². The molecule has 1 fully saturated rings. The Morgan fingerprint density at radius 3 is 2.62 bits per heavy atom. The van der Waals surface area contributed by atoms with Gasteiger partial charge in [-0.25, -0.2) is 14.2 Å². The number of amides is 3. The van der Waals surface area contributed by atoms with Crippen LogP contribution in [0.25, 0.3) is 11.1 Å². The topological polar surface area (TPSA) is 98.8 Å². The number of ether oxygens (including phenoxy) is 1. The fraction of sp³-hybridized carbons (Fsp3) is 0.367. The van der Waals surface area contributed by atoms with Gasteiger partial charge in [0.25, 0.3) is 5.91 Å². The predicted octanol–water partition coefficient (Wildman–Crippen LogP) is 5.68. The number of nitrogens with one attached hydrogen (secondary N) is 3. The molecule has 1 atom stereocenters. The molecule has 3 amide bonds. The van der Waals surface area contributed by atoms with Gasteiger partial charge in [0.05, 0.1) is 28.6 Å². The summed E-state index contributed by atoms with van der Waals surface area (Å²) in [6.45, 7) is 6.16. The molecule has 0 aliphatic carbocycles. The van der Waals surface area contributed by atoms with Crippen molar-refractivity contribution in [1.29, 1.82) is 0 Å². The molecule has 3 N–H and O–H groups in total. The number of pyridine rings is 1. The fourth-order valence-electron chi connectivity index (χ4n) is 4.96. The lowest BCUT2D eigenvalue weighted by atomic mass is 9.98. The summed E-state index contributed by atoms with van der Waals surface area (Å²) in [5.74, 6) is -0.885. The van der Waals surface area contributed by atoms with Gasteiger partial charge >= 0.3 is 6.03 Å². The minimum Gasteiger partial charge on any atom is -0.478 e. The number of urea groups is 1. The fourth-order valence-corrected chi connectivity index (χ4v) is 5.41. The van der Waals surface area contributed by atoms with E-state index < -0.39 is 11.7 Å². The summed E-state index contributed by atoms with van der Waals surface area (Å²) >= 11 is 12.2. The zero-order valence-corrected chi connectivity index (χ0v) is 25.4. The average Bonchev–Trinajstić information content (AvgIpc) is 2.98. The molecular weight excluding hydrogens is 582 g/mol. The molecule has 1 unspecified atom stereocenters.